The van der Waals surface area contributed by atoms with Crippen LogP contribution in [0.1, 0.15) is 13.8 Å². The van der Waals surface area contributed by atoms with E-state index in [-0.39, 0.29) is 10.9 Å². The van der Waals surface area contributed by atoms with Gasteiger partial charge in [0, 0.05) is 11.3 Å². The number of hydrogen-bond donors (Lipinski definition) is 0. The number of aldehydes is 1. The smallest absolute Gasteiger partial charge is 0.147 e. The van der Waals surface area contributed by atoms with E-state index in [9.17, 15) is 4.79 Å². The summed E-state index contributed by atoms with van der Waals surface area (Å²) in [5.74, 6) is 1.05. The quantitative estimate of drug-likeness (QED) is 0.532. The summed E-state index contributed by atoms with van der Waals surface area (Å²) < 4.78 is 0. The van der Waals surface area contributed by atoms with Crippen LogP contribution in [0.25, 0.3) is 0 Å². The van der Waals surface area contributed by atoms with Crippen molar-refractivity contribution in [2.75, 3.05) is 12.8 Å². The molecule has 2 nitrogen and oxygen atoms in total. The Morgan fingerprint density at radius 1 is 1.70 bits per heavy atom. The molecule has 1 saturated heterocycles. The number of carbonyl (C=O) groups is 1. The fourth-order valence-electron chi connectivity index (χ4n) is 0.978. The van der Waals surface area contributed by atoms with E-state index < -0.39 is 0 Å². The predicted octanol–water partition coefficient (Wildman–Crippen LogP) is 0.969. The van der Waals surface area contributed by atoms with Crippen LogP contribution < -0.4 is 0 Å². The van der Waals surface area contributed by atoms with Crippen molar-refractivity contribution in [1.29, 1.82) is 0 Å². The van der Waals surface area contributed by atoms with Crippen molar-refractivity contribution in [3.63, 3.8) is 0 Å². The van der Waals surface area contributed by atoms with Gasteiger partial charge in [0.15, 0.2) is 0 Å². The molecule has 1 aliphatic rings. The van der Waals surface area contributed by atoms with Gasteiger partial charge in [0.2, 0.25) is 0 Å². The molecule has 1 rings (SSSR count). The van der Waals surface area contributed by atoms with E-state index in [0.29, 0.717) is 0 Å². The Morgan fingerprint density at radius 2 is 2.30 bits per heavy atom. The van der Waals surface area contributed by atoms with Crippen LogP contribution in [0.4, 0.5) is 0 Å². The van der Waals surface area contributed by atoms with Crippen LogP contribution >= 0.6 is 11.8 Å². The van der Waals surface area contributed by atoms with Gasteiger partial charge in [0.25, 0.3) is 0 Å². The molecule has 0 radical (unpaired) electrons. The standard InChI is InChI=1S/C7H13NOS/c1-7(2)5-10-6(4-9)8(7)3/h4,6H,5H2,1-3H3. The summed E-state index contributed by atoms with van der Waals surface area (Å²) in [5, 5.41) is 0.0787. The predicted molar refractivity (Wildman–Crippen MR) is 44.2 cm³/mol. The molecule has 3 heteroatoms. The second-order valence-corrected chi connectivity index (χ2v) is 4.37. The molecule has 1 heterocycles. The van der Waals surface area contributed by atoms with E-state index in [1.54, 1.807) is 11.8 Å². The van der Waals surface area contributed by atoms with E-state index in [1.165, 1.54) is 0 Å². The normalized spacial score (nSPS) is 32.5. The maximum Gasteiger partial charge on any atom is 0.147 e. The van der Waals surface area contributed by atoms with Crippen LogP contribution in [0, 0.1) is 0 Å². The largest absolute Gasteiger partial charge is 0.301 e. The number of nitrogens with zero attached hydrogens (tertiary/aromatic N) is 1. The fourth-order valence-corrected chi connectivity index (χ4v) is 2.35. The van der Waals surface area contributed by atoms with Gasteiger partial charge in [-0.15, -0.1) is 11.8 Å². The minimum absolute atomic E-state index is 0.0787. The first-order valence-electron chi connectivity index (χ1n) is 3.38. The van der Waals surface area contributed by atoms with Crippen molar-refractivity contribution < 1.29 is 4.79 Å². The van der Waals surface area contributed by atoms with Gasteiger partial charge in [-0.3, -0.25) is 4.90 Å². The average molecular weight is 159 g/mol. The molecule has 0 aliphatic carbocycles. The first-order chi connectivity index (χ1) is 4.58. The molecule has 1 unspecified atom stereocenters. The van der Waals surface area contributed by atoms with E-state index in [1.807, 2.05) is 7.05 Å². The summed E-state index contributed by atoms with van der Waals surface area (Å²) in [5.41, 5.74) is 0.191. The zero-order valence-electron chi connectivity index (χ0n) is 6.63. The Kier molecular flexibility index (Phi) is 2.06. The molecule has 0 aromatic heterocycles. The minimum Gasteiger partial charge on any atom is -0.301 e. The highest BCUT2D eigenvalue weighted by Gasteiger charge is 2.36. The summed E-state index contributed by atoms with van der Waals surface area (Å²) in [6, 6.07) is 0. The average Bonchev–Trinajstić information content (AvgIpc) is 2.10. The van der Waals surface area contributed by atoms with Crippen LogP contribution in [0.5, 0.6) is 0 Å². The zero-order valence-corrected chi connectivity index (χ0v) is 7.44. The topological polar surface area (TPSA) is 20.3 Å². The van der Waals surface area contributed by atoms with Gasteiger partial charge in [0.1, 0.15) is 11.7 Å². The van der Waals surface area contributed by atoms with Crippen LogP contribution in [0.15, 0.2) is 0 Å². The third-order valence-electron chi connectivity index (χ3n) is 2.06. The van der Waals surface area contributed by atoms with Crippen molar-refractivity contribution in [3.05, 3.63) is 0 Å². The van der Waals surface area contributed by atoms with Gasteiger partial charge < -0.3 is 4.79 Å². The Bertz CT molecular complexity index is 147. The van der Waals surface area contributed by atoms with E-state index in [0.717, 1.165) is 12.0 Å². The third-order valence-corrected chi connectivity index (χ3v) is 3.70. The van der Waals surface area contributed by atoms with Crippen molar-refractivity contribution in [2.45, 2.75) is 24.8 Å². The molecule has 1 fully saturated rings. The number of rotatable bonds is 1. The first kappa shape index (κ1) is 8.08. The number of carbonyl (C=O) groups excluding carboxylic acids is 1. The molecule has 58 valence electrons. The summed E-state index contributed by atoms with van der Waals surface area (Å²) >= 11 is 1.72. The monoisotopic (exact) mass is 159 g/mol. The van der Waals surface area contributed by atoms with Crippen LogP contribution in [0.3, 0.4) is 0 Å². The highest BCUT2D eigenvalue weighted by molar-refractivity contribution is 8.00. The minimum atomic E-state index is 0.0787. The van der Waals surface area contributed by atoms with E-state index in [4.69, 9.17) is 0 Å². The summed E-state index contributed by atoms with van der Waals surface area (Å²) in [6.45, 7) is 4.31. The van der Waals surface area contributed by atoms with Gasteiger partial charge in [-0.25, -0.2) is 0 Å². The maximum atomic E-state index is 10.4. The SMILES string of the molecule is CN1C(C=O)SCC1(C)C. The lowest BCUT2D eigenvalue weighted by Crippen LogP contribution is -2.41. The lowest BCUT2D eigenvalue weighted by atomic mass is 10.1. The molecule has 0 N–H and O–H groups in total. The molecule has 0 aromatic rings. The van der Waals surface area contributed by atoms with Crippen molar-refractivity contribution in [1.82, 2.24) is 4.90 Å². The van der Waals surface area contributed by atoms with Crippen molar-refractivity contribution in [2.24, 2.45) is 0 Å². The Hall–Kier alpha value is -0.0200. The van der Waals surface area contributed by atoms with Crippen LogP contribution in [-0.2, 0) is 4.79 Å². The van der Waals surface area contributed by atoms with Gasteiger partial charge >= 0.3 is 0 Å². The second kappa shape index (κ2) is 2.55. The zero-order chi connectivity index (χ0) is 7.78. The molecule has 0 bridgehead atoms. The summed E-state index contributed by atoms with van der Waals surface area (Å²) in [6.07, 6.45) is 1.01. The summed E-state index contributed by atoms with van der Waals surface area (Å²) in [7, 11) is 2.00. The number of hydrogen-bond acceptors (Lipinski definition) is 3. The van der Waals surface area contributed by atoms with Crippen molar-refractivity contribution >= 4 is 18.0 Å². The number of likely N-dealkylation sites (N-methyl/N-ethyl adjacent to an activating group) is 1. The van der Waals surface area contributed by atoms with E-state index >= 15 is 0 Å². The van der Waals surface area contributed by atoms with Gasteiger partial charge in [-0.1, -0.05) is 0 Å². The highest BCUT2D eigenvalue weighted by atomic mass is 32.2. The Balaban J connectivity index is 2.66. The molecular weight excluding hydrogens is 146 g/mol. The van der Waals surface area contributed by atoms with E-state index in [2.05, 4.69) is 18.7 Å². The molecule has 0 amide bonds. The van der Waals surface area contributed by atoms with Gasteiger partial charge in [0.05, 0.1) is 0 Å². The Morgan fingerprint density at radius 3 is 2.50 bits per heavy atom. The molecule has 0 aromatic carbocycles. The molecule has 1 atom stereocenters. The number of thioether (sulfide) groups is 1. The first-order valence-corrected chi connectivity index (χ1v) is 4.42. The van der Waals surface area contributed by atoms with Crippen LogP contribution in [-0.4, -0.2) is 34.9 Å². The third kappa shape index (κ3) is 1.20. The Labute approximate surface area is 66.0 Å². The molecular formula is C7H13NOS. The highest BCUT2D eigenvalue weighted by Crippen LogP contribution is 2.33. The molecule has 1 aliphatic heterocycles. The lowest BCUT2D eigenvalue weighted by Gasteiger charge is -2.28. The lowest BCUT2D eigenvalue weighted by molar-refractivity contribution is -0.110. The molecule has 0 saturated carbocycles. The molecule has 0 spiro atoms. The molecule has 10 heavy (non-hydrogen) atoms. The fraction of sp³-hybridized carbons (Fsp3) is 0.857. The van der Waals surface area contributed by atoms with Crippen LogP contribution in [0.2, 0.25) is 0 Å². The second-order valence-electron chi connectivity index (χ2n) is 3.26. The van der Waals surface area contributed by atoms with Gasteiger partial charge in [-0.05, 0) is 20.9 Å². The maximum absolute atomic E-state index is 10.4. The van der Waals surface area contributed by atoms with Gasteiger partial charge in [-0.2, -0.15) is 0 Å². The van der Waals surface area contributed by atoms with Crippen molar-refractivity contribution in [3.8, 4) is 0 Å². The summed E-state index contributed by atoms with van der Waals surface area (Å²) in [4.78, 5) is 12.6.